The average molecular weight is 282 g/mol. The SMILES string of the molecule is O=C(O)CCN(CCc1ccc(Cl)cc1)CC1CC1. The Bertz CT molecular complexity index is 415. The first-order valence-electron chi connectivity index (χ1n) is 6.82. The molecule has 0 amide bonds. The van der Waals surface area contributed by atoms with E-state index in [1.807, 2.05) is 24.3 Å². The molecule has 0 aromatic heterocycles. The second kappa shape index (κ2) is 6.92. The number of halogens is 1. The van der Waals surface area contributed by atoms with E-state index in [1.54, 1.807) is 0 Å². The van der Waals surface area contributed by atoms with E-state index in [2.05, 4.69) is 4.90 Å². The Labute approximate surface area is 119 Å². The third-order valence-electron chi connectivity index (χ3n) is 3.49. The van der Waals surface area contributed by atoms with Crippen molar-refractivity contribution < 1.29 is 9.90 Å². The number of rotatable bonds is 8. The van der Waals surface area contributed by atoms with Crippen LogP contribution >= 0.6 is 11.6 Å². The zero-order chi connectivity index (χ0) is 13.7. The lowest BCUT2D eigenvalue weighted by Crippen LogP contribution is -2.30. The largest absolute Gasteiger partial charge is 0.481 e. The van der Waals surface area contributed by atoms with Gasteiger partial charge in [0.05, 0.1) is 6.42 Å². The summed E-state index contributed by atoms with van der Waals surface area (Å²) in [6.07, 6.45) is 3.77. The molecule has 1 fully saturated rings. The Morgan fingerprint density at radius 2 is 1.95 bits per heavy atom. The highest BCUT2D eigenvalue weighted by atomic mass is 35.5. The molecule has 0 unspecified atom stereocenters. The van der Waals surface area contributed by atoms with Gasteiger partial charge in [-0.15, -0.1) is 0 Å². The van der Waals surface area contributed by atoms with Crippen LogP contribution in [0.25, 0.3) is 0 Å². The van der Waals surface area contributed by atoms with Gasteiger partial charge in [-0.25, -0.2) is 0 Å². The quantitative estimate of drug-likeness (QED) is 0.796. The molecule has 19 heavy (non-hydrogen) atoms. The van der Waals surface area contributed by atoms with Crippen molar-refractivity contribution in [2.75, 3.05) is 19.6 Å². The standard InChI is InChI=1S/C15H20ClNO2/c16-14-5-3-12(4-6-14)7-9-17(10-8-15(18)19)11-13-1-2-13/h3-6,13H,1-2,7-11H2,(H,18,19). The number of carboxylic acid groups (broad SMARTS) is 1. The van der Waals surface area contributed by atoms with Crippen LogP contribution in [0.1, 0.15) is 24.8 Å². The van der Waals surface area contributed by atoms with Gasteiger partial charge in [-0.3, -0.25) is 4.79 Å². The molecular weight excluding hydrogens is 262 g/mol. The summed E-state index contributed by atoms with van der Waals surface area (Å²) in [5.41, 5.74) is 1.25. The van der Waals surface area contributed by atoms with Crippen molar-refractivity contribution >= 4 is 17.6 Å². The summed E-state index contributed by atoms with van der Waals surface area (Å²) in [5, 5.41) is 9.54. The lowest BCUT2D eigenvalue weighted by Gasteiger charge is -2.21. The molecule has 0 bridgehead atoms. The van der Waals surface area contributed by atoms with Crippen LogP contribution in [0, 0.1) is 5.92 Å². The van der Waals surface area contributed by atoms with Crippen LogP contribution in [-0.2, 0) is 11.2 Å². The minimum atomic E-state index is -0.715. The second-order valence-corrected chi connectivity index (χ2v) is 5.70. The van der Waals surface area contributed by atoms with Gasteiger partial charge >= 0.3 is 5.97 Å². The van der Waals surface area contributed by atoms with Crippen molar-refractivity contribution in [2.24, 2.45) is 5.92 Å². The van der Waals surface area contributed by atoms with Gasteiger partial charge in [0.2, 0.25) is 0 Å². The molecule has 2 rings (SSSR count). The topological polar surface area (TPSA) is 40.5 Å². The third-order valence-corrected chi connectivity index (χ3v) is 3.74. The average Bonchev–Trinajstić information content (AvgIpc) is 3.18. The smallest absolute Gasteiger partial charge is 0.304 e. The first kappa shape index (κ1) is 14.4. The van der Waals surface area contributed by atoms with Gasteiger partial charge in [-0.1, -0.05) is 23.7 Å². The van der Waals surface area contributed by atoms with E-state index in [0.29, 0.717) is 6.54 Å². The molecule has 1 aliphatic rings. The molecule has 1 saturated carbocycles. The van der Waals surface area contributed by atoms with E-state index >= 15 is 0 Å². The zero-order valence-electron chi connectivity index (χ0n) is 11.0. The van der Waals surface area contributed by atoms with E-state index in [4.69, 9.17) is 16.7 Å². The molecule has 4 heteroatoms. The number of benzene rings is 1. The van der Waals surface area contributed by atoms with Crippen LogP contribution in [0.3, 0.4) is 0 Å². The Kier molecular flexibility index (Phi) is 5.23. The third kappa shape index (κ3) is 5.62. The number of carbonyl (C=O) groups is 1. The number of hydrogen-bond donors (Lipinski definition) is 1. The summed E-state index contributed by atoms with van der Waals surface area (Å²) in [7, 11) is 0. The molecule has 0 aliphatic heterocycles. The highest BCUT2D eigenvalue weighted by molar-refractivity contribution is 6.30. The van der Waals surface area contributed by atoms with Gasteiger partial charge in [0.15, 0.2) is 0 Å². The van der Waals surface area contributed by atoms with Crippen LogP contribution in [0.15, 0.2) is 24.3 Å². The maximum absolute atomic E-state index is 10.7. The van der Waals surface area contributed by atoms with Crippen molar-refractivity contribution in [3.8, 4) is 0 Å². The van der Waals surface area contributed by atoms with Crippen LogP contribution in [0.4, 0.5) is 0 Å². The van der Waals surface area contributed by atoms with E-state index in [9.17, 15) is 4.79 Å². The van der Waals surface area contributed by atoms with Crippen molar-refractivity contribution in [1.29, 1.82) is 0 Å². The monoisotopic (exact) mass is 281 g/mol. The Morgan fingerprint density at radius 3 is 2.53 bits per heavy atom. The molecular formula is C15H20ClNO2. The Hall–Kier alpha value is -1.06. The molecule has 104 valence electrons. The lowest BCUT2D eigenvalue weighted by molar-refractivity contribution is -0.137. The summed E-state index contributed by atoms with van der Waals surface area (Å²) >= 11 is 5.86. The number of nitrogens with zero attached hydrogens (tertiary/aromatic N) is 1. The van der Waals surface area contributed by atoms with Crippen molar-refractivity contribution in [1.82, 2.24) is 4.90 Å². The molecule has 1 aliphatic carbocycles. The number of aliphatic carboxylic acids is 1. The molecule has 1 aromatic rings. The number of hydrogen-bond acceptors (Lipinski definition) is 2. The van der Waals surface area contributed by atoms with E-state index in [-0.39, 0.29) is 6.42 Å². The summed E-state index contributed by atoms with van der Waals surface area (Å²) < 4.78 is 0. The van der Waals surface area contributed by atoms with Gasteiger partial charge in [0.25, 0.3) is 0 Å². The van der Waals surface area contributed by atoms with Crippen LogP contribution < -0.4 is 0 Å². The highest BCUT2D eigenvalue weighted by Crippen LogP contribution is 2.29. The van der Waals surface area contributed by atoms with Gasteiger partial charge in [-0.05, 0) is 42.9 Å². The molecule has 3 nitrogen and oxygen atoms in total. The first-order valence-corrected chi connectivity index (χ1v) is 7.20. The fourth-order valence-electron chi connectivity index (χ4n) is 2.15. The van der Waals surface area contributed by atoms with E-state index in [0.717, 1.165) is 30.5 Å². The minimum Gasteiger partial charge on any atom is -0.481 e. The molecule has 1 N–H and O–H groups in total. The van der Waals surface area contributed by atoms with Crippen molar-refractivity contribution in [3.05, 3.63) is 34.9 Å². The van der Waals surface area contributed by atoms with Crippen LogP contribution in [0.2, 0.25) is 5.02 Å². The normalized spacial score (nSPS) is 14.8. The predicted molar refractivity (Wildman–Crippen MR) is 76.6 cm³/mol. The minimum absolute atomic E-state index is 0.230. The van der Waals surface area contributed by atoms with Crippen LogP contribution in [-0.4, -0.2) is 35.6 Å². The van der Waals surface area contributed by atoms with Crippen LogP contribution in [0.5, 0.6) is 0 Å². The highest BCUT2D eigenvalue weighted by Gasteiger charge is 2.24. The lowest BCUT2D eigenvalue weighted by atomic mass is 10.1. The fourth-order valence-corrected chi connectivity index (χ4v) is 2.28. The van der Waals surface area contributed by atoms with Gasteiger partial charge in [0, 0.05) is 24.7 Å². The zero-order valence-corrected chi connectivity index (χ0v) is 11.8. The summed E-state index contributed by atoms with van der Waals surface area (Å²) in [6, 6.07) is 7.88. The molecule has 0 heterocycles. The van der Waals surface area contributed by atoms with Crippen molar-refractivity contribution in [2.45, 2.75) is 25.7 Å². The maximum Gasteiger partial charge on any atom is 0.304 e. The molecule has 0 saturated heterocycles. The maximum atomic E-state index is 10.7. The summed E-state index contributed by atoms with van der Waals surface area (Å²) in [4.78, 5) is 13.0. The van der Waals surface area contributed by atoms with Gasteiger partial charge in [-0.2, -0.15) is 0 Å². The Balaban J connectivity index is 1.80. The molecule has 0 atom stereocenters. The summed E-state index contributed by atoms with van der Waals surface area (Å²) in [6.45, 7) is 2.62. The summed E-state index contributed by atoms with van der Waals surface area (Å²) in [5.74, 6) is 0.0753. The molecule has 0 radical (unpaired) electrons. The predicted octanol–water partition coefficient (Wildman–Crippen LogP) is 3.07. The van der Waals surface area contributed by atoms with Gasteiger partial charge in [0.1, 0.15) is 0 Å². The molecule has 1 aromatic carbocycles. The Morgan fingerprint density at radius 1 is 1.26 bits per heavy atom. The van der Waals surface area contributed by atoms with Gasteiger partial charge < -0.3 is 10.0 Å². The second-order valence-electron chi connectivity index (χ2n) is 5.26. The van der Waals surface area contributed by atoms with Crippen molar-refractivity contribution in [3.63, 3.8) is 0 Å². The van der Waals surface area contributed by atoms with E-state index in [1.165, 1.54) is 18.4 Å². The number of carboxylic acids is 1. The van der Waals surface area contributed by atoms with E-state index < -0.39 is 5.97 Å². The fraction of sp³-hybridized carbons (Fsp3) is 0.533. The molecule has 0 spiro atoms. The first-order chi connectivity index (χ1) is 9.13.